The molecule has 0 saturated carbocycles. The van der Waals surface area contributed by atoms with Crippen LogP contribution in [-0.2, 0) is 10.3 Å². The molecule has 1 heterocycles. The van der Waals surface area contributed by atoms with Crippen molar-refractivity contribution in [3.8, 4) is 5.75 Å². The Hall–Kier alpha value is -2.34. The number of aliphatic hydroxyl groups is 1. The third-order valence-corrected chi connectivity index (χ3v) is 5.50. The van der Waals surface area contributed by atoms with Crippen LogP contribution < -0.4 is 4.74 Å². The summed E-state index contributed by atoms with van der Waals surface area (Å²) in [7, 11) is 1.63. The summed E-state index contributed by atoms with van der Waals surface area (Å²) in [5, 5.41) is 13.3. The fourth-order valence-corrected chi connectivity index (χ4v) is 3.86. The van der Waals surface area contributed by atoms with Gasteiger partial charge in [0.15, 0.2) is 0 Å². The second kappa shape index (κ2) is 8.35. The number of benzene rings is 2. The van der Waals surface area contributed by atoms with Crippen molar-refractivity contribution in [3.05, 3.63) is 42.0 Å². The summed E-state index contributed by atoms with van der Waals surface area (Å²) in [4.78, 5) is 13.7. The maximum Gasteiger partial charge on any atom is 0.412 e. The molecule has 152 valence electrons. The minimum Gasteiger partial charge on any atom is -0.497 e. The number of hydrogen-bond acceptors (Lipinski definition) is 4. The van der Waals surface area contributed by atoms with Gasteiger partial charge in [-0.25, -0.2) is 9.18 Å². The van der Waals surface area contributed by atoms with Gasteiger partial charge in [0.2, 0.25) is 6.36 Å². The highest BCUT2D eigenvalue weighted by Gasteiger charge is 2.40. The Bertz CT molecular complexity index is 842. The molecule has 0 radical (unpaired) electrons. The van der Waals surface area contributed by atoms with Gasteiger partial charge in [0.05, 0.1) is 12.7 Å². The van der Waals surface area contributed by atoms with Crippen LogP contribution in [0.4, 0.5) is 9.18 Å². The molecule has 0 aliphatic carbocycles. The van der Waals surface area contributed by atoms with E-state index in [1.165, 1.54) is 4.90 Å². The van der Waals surface area contributed by atoms with E-state index in [4.69, 9.17) is 9.47 Å². The fourth-order valence-electron chi connectivity index (χ4n) is 3.86. The van der Waals surface area contributed by atoms with E-state index in [2.05, 4.69) is 0 Å². The van der Waals surface area contributed by atoms with Gasteiger partial charge in [-0.3, -0.25) is 0 Å². The Labute approximate surface area is 165 Å². The Morgan fingerprint density at radius 1 is 1.32 bits per heavy atom. The zero-order chi connectivity index (χ0) is 20.3. The summed E-state index contributed by atoms with van der Waals surface area (Å²) >= 11 is 0. The average Bonchev–Trinajstić information content (AvgIpc) is 2.67. The molecule has 0 spiro atoms. The van der Waals surface area contributed by atoms with Crippen LogP contribution in [0.1, 0.15) is 45.1 Å². The van der Waals surface area contributed by atoms with Gasteiger partial charge in [-0.1, -0.05) is 25.1 Å². The zero-order valence-corrected chi connectivity index (χ0v) is 16.7. The number of piperidine rings is 1. The van der Waals surface area contributed by atoms with Gasteiger partial charge in [-0.2, -0.15) is 0 Å². The number of amides is 1. The molecule has 0 aromatic heterocycles. The van der Waals surface area contributed by atoms with Crippen molar-refractivity contribution in [1.29, 1.82) is 0 Å². The van der Waals surface area contributed by atoms with E-state index in [1.54, 1.807) is 7.11 Å². The quantitative estimate of drug-likeness (QED) is 0.802. The number of halogens is 1. The normalized spacial score (nSPS) is 23.5. The summed E-state index contributed by atoms with van der Waals surface area (Å²) < 4.78 is 23.8. The standard InChI is InChI=1S/C22H28FNO4/c1-4-5-20(23)28-21(25)24-11-10-22(26,14-15(24)2)18-8-6-17-13-19(27-3)9-7-16(17)12-18/h6-9,12-13,15,20,26H,4-5,10-11,14H2,1-3H3. The molecule has 2 aromatic carbocycles. The van der Waals surface area contributed by atoms with Crippen LogP contribution in [0.3, 0.4) is 0 Å². The number of alkyl halides is 1. The van der Waals surface area contributed by atoms with Crippen molar-refractivity contribution in [1.82, 2.24) is 4.90 Å². The fraction of sp³-hybridized carbons (Fsp3) is 0.500. The number of nitrogens with zero attached hydrogens (tertiary/aromatic N) is 1. The molecular formula is C22H28FNO4. The lowest BCUT2D eigenvalue weighted by molar-refractivity contribution is -0.0618. The molecule has 1 amide bonds. The van der Waals surface area contributed by atoms with Crippen LogP contribution in [0.5, 0.6) is 5.75 Å². The van der Waals surface area contributed by atoms with Gasteiger partial charge < -0.3 is 19.5 Å². The number of carbonyl (C=O) groups excluding carboxylic acids is 1. The first-order valence-electron chi connectivity index (χ1n) is 9.78. The van der Waals surface area contributed by atoms with Crippen LogP contribution in [0.15, 0.2) is 36.4 Å². The topological polar surface area (TPSA) is 59.0 Å². The minimum atomic E-state index is -1.58. The lowest BCUT2D eigenvalue weighted by Gasteiger charge is -2.42. The molecule has 3 atom stereocenters. The lowest BCUT2D eigenvalue weighted by atomic mass is 9.81. The van der Waals surface area contributed by atoms with Crippen molar-refractivity contribution >= 4 is 16.9 Å². The first-order chi connectivity index (χ1) is 13.4. The van der Waals surface area contributed by atoms with E-state index in [0.29, 0.717) is 25.8 Å². The van der Waals surface area contributed by atoms with Gasteiger partial charge >= 0.3 is 6.09 Å². The maximum atomic E-state index is 13.6. The van der Waals surface area contributed by atoms with Gasteiger partial charge in [0.25, 0.3) is 0 Å². The van der Waals surface area contributed by atoms with Gasteiger partial charge in [-0.05, 0) is 54.3 Å². The van der Waals surface area contributed by atoms with E-state index >= 15 is 0 Å². The summed E-state index contributed by atoms with van der Waals surface area (Å²) in [6.45, 7) is 4.00. The van der Waals surface area contributed by atoms with Gasteiger partial charge in [0.1, 0.15) is 5.75 Å². The molecule has 5 nitrogen and oxygen atoms in total. The van der Waals surface area contributed by atoms with E-state index in [-0.39, 0.29) is 12.5 Å². The smallest absolute Gasteiger partial charge is 0.412 e. The van der Waals surface area contributed by atoms with Crippen molar-refractivity contribution in [2.75, 3.05) is 13.7 Å². The number of fused-ring (bicyclic) bond motifs is 1. The second-order valence-corrected chi connectivity index (χ2v) is 7.54. The molecule has 1 N–H and O–H groups in total. The third kappa shape index (κ3) is 4.22. The number of hydrogen-bond donors (Lipinski definition) is 1. The molecule has 1 saturated heterocycles. The number of carbonyl (C=O) groups is 1. The van der Waals surface area contributed by atoms with E-state index in [0.717, 1.165) is 22.1 Å². The first-order valence-corrected chi connectivity index (χ1v) is 9.78. The van der Waals surface area contributed by atoms with E-state index in [1.807, 2.05) is 50.2 Å². The zero-order valence-electron chi connectivity index (χ0n) is 16.7. The Morgan fingerprint density at radius 3 is 2.71 bits per heavy atom. The Balaban J connectivity index is 1.74. The van der Waals surface area contributed by atoms with Crippen molar-refractivity contribution in [3.63, 3.8) is 0 Å². The van der Waals surface area contributed by atoms with Crippen LogP contribution in [-0.4, -0.2) is 42.2 Å². The molecular weight excluding hydrogens is 361 g/mol. The molecule has 0 bridgehead atoms. The van der Waals surface area contributed by atoms with Crippen LogP contribution in [0.2, 0.25) is 0 Å². The largest absolute Gasteiger partial charge is 0.497 e. The van der Waals surface area contributed by atoms with Crippen LogP contribution >= 0.6 is 0 Å². The maximum absolute atomic E-state index is 13.6. The third-order valence-electron chi connectivity index (χ3n) is 5.50. The molecule has 1 fully saturated rings. The summed E-state index contributed by atoms with van der Waals surface area (Å²) in [5.74, 6) is 0.786. The first kappa shape index (κ1) is 20.4. The molecule has 3 unspecified atom stereocenters. The number of methoxy groups -OCH3 is 1. The predicted octanol–water partition coefficient (Wildman–Crippen LogP) is 4.75. The van der Waals surface area contributed by atoms with Crippen LogP contribution in [0.25, 0.3) is 10.8 Å². The monoisotopic (exact) mass is 389 g/mol. The Kier molecular flexibility index (Phi) is 6.08. The predicted molar refractivity (Wildman–Crippen MR) is 106 cm³/mol. The van der Waals surface area contributed by atoms with Gasteiger partial charge in [0, 0.05) is 25.4 Å². The molecule has 6 heteroatoms. The number of ether oxygens (including phenoxy) is 2. The molecule has 1 aliphatic rings. The molecule has 3 rings (SSSR count). The van der Waals surface area contributed by atoms with Gasteiger partial charge in [-0.15, -0.1) is 0 Å². The number of rotatable bonds is 5. The van der Waals surface area contributed by atoms with Crippen LogP contribution in [0, 0.1) is 0 Å². The van der Waals surface area contributed by atoms with Crippen molar-refractivity contribution < 1.29 is 23.8 Å². The lowest BCUT2D eigenvalue weighted by Crippen LogP contribution is -2.50. The molecule has 2 aromatic rings. The van der Waals surface area contributed by atoms with Crippen molar-refractivity contribution in [2.24, 2.45) is 0 Å². The molecule has 28 heavy (non-hydrogen) atoms. The molecule has 1 aliphatic heterocycles. The Morgan fingerprint density at radius 2 is 2.04 bits per heavy atom. The average molecular weight is 389 g/mol. The van der Waals surface area contributed by atoms with E-state index in [9.17, 15) is 14.3 Å². The second-order valence-electron chi connectivity index (χ2n) is 7.54. The minimum absolute atomic E-state index is 0.194. The summed E-state index contributed by atoms with van der Waals surface area (Å²) in [6.07, 6.45) is -0.686. The highest BCUT2D eigenvalue weighted by Crippen LogP contribution is 2.37. The van der Waals surface area contributed by atoms with Crippen molar-refractivity contribution in [2.45, 2.75) is 57.5 Å². The number of likely N-dealkylation sites (tertiary alicyclic amines) is 1. The highest BCUT2D eigenvalue weighted by molar-refractivity contribution is 5.84. The highest BCUT2D eigenvalue weighted by atomic mass is 19.1. The SMILES string of the molecule is CCCC(F)OC(=O)N1CCC(O)(c2ccc3cc(OC)ccc3c2)CC1C. The summed E-state index contributed by atoms with van der Waals surface area (Å²) in [5.41, 5.74) is -0.220. The summed E-state index contributed by atoms with van der Waals surface area (Å²) in [6, 6.07) is 11.4. The van der Waals surface area contributed by atoms with E-state index < -0.39 is 18.1 Å².